The van der Waals surface area contributed by atoms with Gasteiger partial charge in [-0.1, -0.05) is 24.9 Å². The third kappa shape index (κ3) is 4.84. The van der Waals surface area contributed by atoms with Gasteiger partial charge in [0.15, 0.2) is 0 Å². The number of nitrogens with two attached hydrogens (primary N) is 1. The van der Waals surface area contributed by atoms with Crippen molar-refractivity contribution in [2.75, 3.05) is 13.1 Å². The molecule has 4 nitrogen and oxygen atoms in total. The molecule has 4 heteroatoms. The van der Waals surface area contributed by atoms with Crippen molar-refractivity contribution in [2.45, 2.75) is 51.9 Å². The molecule has 94 valence electrons. The van der Waals surface area contributed by atoms with Crippen molar-refractivity contribution in [3.05, 3.63) is 0 Å². The normalized spacial score (nSPS) is 20.2. The molecule has 0 bridgehead atoms. The molecule has 1 aliphatic rings. The molecule has 0 aliphatic heterocycles. The maximum atomic E-state index is 8.36. The van der Waals surface area contributed by atoms with Crippen LogP contribution in [0.2, 0.25) is 0 Å². The highest BCUT2D eigenvalue weighted by Crippen LogP contribution is 2.36. The molecule has 1 saturated carbocycles. The fourth-order valence-electron chi connectivity index (χ4n) is 2.40. The molecule has 0 aromatic heterocycles. The smallest absolute Gasteiger partial charge is 0.139 e. The van der Waals surface area contributed by atoms with Crippen LogP contribution in [0.25, 0.3) is 0 Å². The van der Waals surface area contributed by atoms with Gasteiger partial charge in [0.1, 0.15) is 5.84 Å². The van der Waals surface area contributed by atoms with E-state index >= 15 is 0 Å². The first-order valence-electron chi connectivity index (χ1n) is 6.33. The Bertz CT molecular complexity index is 222. The summed E-state index contributed by atoms with van der Waals surface area (Å²) >= 11 is 0. The van der Waals surface area contributed by atoms with Crippen molar-refractivity contribution in [2.24, 2.45) is 16.3 Å². The predicted molar refractivity (Wildman–Crippen MR) is 66.7 cm³/mol. The van der Waals surface area contributed by atoms with E-state index in [-0.39, 0.29) is 0 Å². The Hall–Kier alpha value is -0.770. The third-order valence-corrected chi connectivity index (χ3v) is 3.53. The SMILES string of the molecule is CC1(CNCCCCC(N)=NO)CCCC1. The molecule has 0 saturated heterocycles. The molecule has 0 amide bonds. The Balaban J connectivity index is 1.95. The van der Waals surface area contributed by atoms with Crippen molar-refractivity contribution in [3.8, 4) is 0 Å². The van der Waals surface area contributed by atoms with Gasteiger partial charge in [-0.3, -0.25) is 0 Å². The summed E-state index contributed by atoms with van der Waals surface area (Å²) in [6.45, 7) is 4.55. The van der Waals surface area contributed by atoms with Gasteiger partial charge in [0, 0.05) is 13.0 Å². The molecule has 1 aliphatic carbocycles. The Kier molecular flexibility index (Phi) is 5.60. The summed E-state index contributed by atoms with van der Waals surface area (Å²) in [5.74, 6) is 0.336. The van der Waals surface area contributed by atoms with Crippen LogP contribution in [0.4, 0.5) is 0 Å². The van der Waals surface area contributed by atoms with Crippen LogP contribution < -0.4 is 11.1 Å². The number of unbranched alkanes of at least 4 members (excludes halogenated alkanes) is 1. The molecule has 0 atom stereocenters. The molecular formula is C12H25N3O. The number of nitrogens with one attached hydrogen (secondary N) is 1. The summed E-state index contributed by atoms with van der Waals surface area (Å²) in [5, 5.41) is 14.8. The van der Waals surface area contributed by atoms with Crippen LogP contribution >= 0.6 is 0 Å². The van der Waals surface area contributed by atoms with Gasteiger partial charge >= 0.3 is 0 Å². The zero-order valence-electron chi connectivity index (χ0n) is 10.3. The zero-order valence-corrected chi connectivity index (χ0v) is 10.3. The second kappa shape index (κ2) is 6.74. The van der Waals surface area contributed by atoms with E-state index in [0.29, 0.717) is 17.7 Å². The second-order valence-electron chi connectivity index (χ2n) is 5.24. The lowest BCUT2D eigenvalue weighted by Crippen LogP contribution is -2.30. The van der Waals surface area contributed by atoms with Crippen LogP contribution in [0.15, 0.2) is 5.16 Å². The predicted octanol–water partition coefficient (Wildman–Crippen LogP) is 2.07. The molecule has 0 heterocycles. The maximum absolute atomic E-state index is 8.36. The molecule has 0 radical (unpaired) electrons. The molecule has 1 fully saturated rings. The largest absolute Gasteiger partial charge is 0.409 e. The van der Waals surface area contributed by atoms with Gasteiger partial charge in [0.25, 0.3) is 0 Å². The van der Waals surface area contributed by atoms with E-state index in [9.17, 15) is 0 Å². The molecule has 4 N–H and O–H groups in total. The Morgan fingerprint density at radius 1 is 1.38 bits per heavy atom. The van der Waals surface area contributed by atoms with Gasteiger partial charge in [-0.05, 0) is 37.6 Å². The highest BCUT2D eigenvalue weighted by Gasteiger charge is 2.27. The molecular weight excluding hydrogens is 202 g/mol. The van der Waals surface area contributed by atoms with Crippen molar-refractivity contribution < 1.29 is 5.21 Å². The van der Waals surface area contributed by atoms with E-state index in [1.807, 2.05) is 0 Å². The monoisotopic (exact) mass is 227 g/mol. The minimum absolute atomic E-state index is 0.336. The third-order valence-electron chi connectivity index (χ3n) is 3.53. The quantitative estimate of drug-likeness (QED) is 0.205. The van der Waals surface area contributed by atoms with E-state index in [2.05, 4.69) is 17.4 Å². The topological polar surface area (TPSA) is 70.6 Å². The summed E-state index contributed by atoms with van der Waals surface area (Å²) in [6.07, 6.45) is 8.28. The summed E-state index contributed by atoms with van der Waals surface area (Å²) in [7, 11) is 0. The van der Waals surface area contributed by atoms with Crippen molar-refractivity contribution >= 4 is 5.84 Å². The number of hydrogen-bond donors (Lipinski definition) is 3. The highest BCUT2D eigenvalue weighted by molar-refractivity contribution is 5.79. The summed E-state index contributed by atoms with van der Waals surface area (Å²) in [5.41, 5.74) is 5.92. The average molecular weight is 227 g/mol. The van der Waals surface area contributed by atoms with Crippen LogP contribution in [0.5, 0.6) is 0 Å². The van der Waals surface area contributed by atoms with Gasteiger partial charge in [-0.25, -0.2) is 0 Å². The maximum Gasteiger partial charge on any atom is 0.139 e. The van der Waals surface area contributed by atoms with Crippen LogP contribution in [0.3, 0.4) is 0 Å². The minimum atomic E-state index is 0.336. The molecule has 0 unspecified atom stereocenters. The summed E-state index contributed by atoms with van der Waals surface area (Å²) in [6, 6.07) is 0. The van der Waals surface area contributed by atoms with Crippen LogP contribution in [0, 0.1) is 5.41 Å². The van der Waals surface area contributed by atoms with E-state index < -0.39 is 0 Å². The van der Waals surface area contributed by atoms with E-state index in [0.717, 1.165) is 25.9 Å². The molecule has 16 heavy (non-hydrogen) atoms. The van der Waals surface area contributed by atoms with Crippen LogP contribution in [-0.4, -0.2) is 24.1 Å². The Morgan fingerprint density at radius 2 is 2.06 bits per heavy atom. The van der Waals surface area contributed by atoms with Gasteiger partial charge in [0.2, 0.25) is 0 Å². The minimum Gasteiger partial charge on any atom is -0.409 e. The van der Waals surface area contributed by atoms with Gasteiger partial charge in [-0.2, -0.15) is 0 Å². The van der Waals surface area contributed by atoms with Crippen LogP contribution in [0.1, 0.15) is 51.9 Å². The number of oxime groups is 1. The lowest BCUT2D eigenvalue weighted by Gasteiger charge is -2.23. The number of hydrogen-bond acceptors (Lipinski definition) is 3. The van der Waals surface area contributed by atoms with E-state index in [1.54, 1.807) is 0 Å². The van der Waals surface area contributed by atoms with Gasteiger partial charge in [0.05, 0.1) is 0 Å². The molecule has 1 rings (SSSR count). The number of rotatable bonds is 7. The first-order valence-corrected chi connectivity index (χ1v) is 6.33. The first-order chi connectivity index (χ1) is 7.66. The summed E-state index contributed by atoms with van der Waals surface area (Å²) < 4.78 is 0. The first kappa shape index (κ1) is 13.3. The Labute approximate surface area is 98.3 Å². The van der Waals surface area contributed by atoms with Crippen molar-refractivity contribution in [1.82, 2.24) is 5.32 Å². The summed E-state index contributed by atoms with van der Waals surface area (Å²) in [4.78, 5) is 0. The standard InChI is InChI=1S/C12H25N3O/c1-12(7-3-4-8-12)10-14-9-5-2-6-11(13)15-16/h14,16H,2-10H2,1H3,(H2,13,15). The zero-order chi connectivity index (χ0) is 11.9. The Morgan fingerprint density at radius 3 is 2.69 bits per heavy atom. The number of nitrogens with zero attached hydrogens (tertiary/aromatic N) is 1. The molecule has 0 spiro atoms. The lowest BCUT2D eigenvalue weighted by atomic mass is 9.89. The van der Waals surface area contributed by atoms with Gasteiger partial charge in [-0.15, -0.1) is 0 Å². The average Bonchev–Trinajstić information content (AvgIpc) is 2.70. The second-order valence-corrected chi connectivity index (χ2v) is 5.24. The van der Waals surface area contributed by atoms with Crippen molar-refractivity contribution in [1.29, 1.82) is 0 Å². The fraction of sp³-hybridized carbons (Fsp3) is 0.917. The molecule has 0 aromatic rings. The number of amidine groups is 1. The van der Waals surface area contributed by atoms with Crippen molar-refractivity contribution in [3.63, 3.8) is 0 Å². The highest BCUT2D eigenvalue weighted by atomic mass is 16.4. The van der Waals surface area contributed by atoms with E-state index in [1.165, 1.54) is 25.7 Å². The van der Waals surface area contributed by atoms with Crippen LogP contribution in [-0.2, 0) is 0 Å². The lowest BCUT2D eigenvalue weighted by molar-refractivity contribution is 0.313. The molecule has 0 aromatic carbocycles. The van der Waals surface area contributed by atoms with Gasteiger partial charge < -0.3 is 16.3 Å². The fourth-order valence-corrected chi connectivity index (χ4v) is 2.40. The van der Waals surface area contributed by atoms with E-state index in [4.69, 9.17) is 10.9 Å².